The van der Waals surface area contributed by atoms with Gasteiger partial charge in [-0.25, -0.2) is 9.78 Å². The molecule has 204 valence electrons. The fourth-order valence-electron chi connectivity index (χ4n) is 5.63. The highest BCUT2D eigenvalue weighted by atomic mass is 16.6. The van der Waals surface area contributed by atoms with Crippen LogP contribution in [0.2, 0.25) is 0 Å². The van der Waals surface area contributed by atoms with Crippen molar-refractivity contribution in [2.75, 3.05) is 10.6 Å². The van der Waals surface area contributed by atoms with Crippen LogP contribution < -0.4 is 16.4 Å². The quantitative estimate of drug-likeness (QED) is 0.421. The fraction of sp³-hybridized carbons (Fsp3) is 0.407. The molecule has 4 amide bonds. The van der Waals surface area contributed by atoms with Crippen LogP contribution in [0, 0.1) is 12.8 Å². The number of pyridine rings is 1. The molecule has 0 unspecified atom stereocenters. The van der Waals surface area contributed by atoms with Gasteiger partial charge in [-0.1, -0.05) is 6.07 Å². The van der Waals surface area contributed by atoms with Crippen LogP contribution in [0.25, 0.3) is 10.9 Å². The third-order valence-electron chi connectivity index (χ3n) is 7.14. The number of nitrogens with two attached hydrogens (primary N) is 1. The Morgan fingerprint density at radius 3 is 2.64 bits per heavy atom. The molecule has 1 aliphatic heterocycles. The van der Waals surface area contributed by atoms with Gasteiger partial charge in [0.1, 0.15) is 18.4 Å². The highest BCUT2D eigenvalue weighted by molar-refractivity contribution is 6.06. The molecule has 0 radical (unpaired) electrons. The molecule has 12 heteroatoms. The number of carbonyl (C=O) groups excluding carboxylic acids is 4. The second kappa shape index (κ2) is 10.4. The molecule has 39 heavy (non-hydrogen) atoms. The van der Waals surface area contributed by atoms with Crippen molar-refractivity contribution in [1.82, 2.24) is 19.7 Å². The van der Waals surface area contributed by atoms with E-state index in [4.69, 9.17) is 10.5 Å². The van der Waals surface area contributed by atoms with Crippen LogP contribution in [0.1, 0.15) is 49.3 Å². The van der Waals surface area contributed by atoms with E-state index in [9.17, 15) is 19.2 Å². The first-order valence-corrected chi connectivity index (χ1v) is 12.9. The first kappa shape index (κ1) is 26.1. The molecule has 12 nitrogen and oxygen atoms in total. The van der Waals surface area contributed by atoms with E-state index in [0.717, 1.165) is 25.0 Å². The SMILES string of the molecule is Cc1cccc(NC(=O)[C@@H]2[C@H]3CC[C@H](C3)N2C(=O)Cn2nc(C(N)=O)c3cc(NC(=O)OC(C)C)ccc32)n1. The van der Waals surface area contributed by atoms with Crippen molar-refractivity contribution in [2.24, 2.45) is 11.7 Å². The molecule has 5 rings (SSSR count). The summed E-state index contributed by atoms with van der Waals surface area (Å²) in [6.45, 7) is 5.12. The van der Waals surface area contributed by atoms with Crippen LogP contribution >= 0.6 is 0 Å². The van der Waals surface area contributed by atoms with Crippen LogP contribution in [-0.2, 0) is 20.9 Å². The minimum atomic E-state index is -0.767. The van der Waals surface area contributed by atoms with Gasteiger partial charge >= 0.3 is 6.09 Å². The lowest BCUT2D eigenvalue weighted by atomic mass is 9.97. The minimum Gasteiger partial charge on any atom is -0.447 e. The number of piperidine rings is 1. The van der Waals surface area contributed by atoms with E-state index in [1.54, 1.807) is 43.0 Å². The fourth-order valence-corrected chi connectivity index (χ4v) is 5.63. The van der Waals surface area contributed by atoms with Crippen LogP contribution in [0.3, 0.4) is 0 Å². The summed E-state index contributed by atoms with van der Waals surface area (Å²) in [5.74, 6) is -0.792. The van der Waals surface area contributed by atoms with Gasteiger partial charge in [0.25, 0.3) is 5.91 Å². The van der Waals surface area contributed by atoms with Crippen molar-refractivity contribution in [3.63, 3.8) is 0 Å². The summed E-state index contributed by atoms with van der Waals surface area (Å²) in [4.78, 5) is 57.2. The van der Waals surface area contributed by atoms with Crippen LogP contribution in [-0.4, -0.2) is 61.7 Å². The molecule has 3 atom stereocenters. The number of aryl methyl sites for hydroxylation is 1. The Balaban J connectivity index is 1.38. The predicted octanol–water partition coefficient (Wildman–Crippen LogP) is 2.81. The van der Waals surface area contributed by atoms with Gasteiger partial charge in [-0.2, -0.15) is 5.10 Å². The van der Waals surface area contributed by atoms with E-state index in [-0.39, 0.29) is 42.1 Å². The van der Waals surface area contributed by atoms with Gasteiger partial charge in [0.2, 0.25) is 11.8 Å². The number of hydrogen-bond acceptors (Lipinski definition) is 7. The third kappa shape index (κ3) is 5.27. The van der Waals surface area contributed by atoms with Gasteiger partial charge in [-0.05, 0) is 76.3 Å². The number of hydrogen-bond donors (Lipinski definition) is 3. The lowest BCUT2D eigenvalue weighted by Crippen LogP contribution is -2.52. The Hall–Kier alpha value is -4.48. The zero-order valence-electron chi connectivity index (χ0n) is 22.0. The molecular weight excluding hydrogens is 502 g/mol. The smallest absolute Gasteiger partial charge is 0.411 e. The molecule has 4 N–H and O–H groups in total. The molecule has 1 saturated carbocycles. The Labute approximate surface area is 224 Å². The maximum absolute atomic E-state index is 13.6. The van der Waals surface area contributed by atoms with E-state index >= 15 is 0 Å². The number of ether oxygens (including phenoxy) is 1. The molecule has 2 fully saturated rings. The number of benzene rings is 1. The second-order valence-corrected chi connectivity index (χ2v) is 10.3. The Kier molecular flexibility index (Phi) is 6.94. The highest BCUT2D eigenvalue weighted by Gasteiger charge is 2.51. The van der Waals surface area contributed by atoms with Crippen molar-refractivity contribution >= 4 is 46.2 Å². The van der Waals surface area contributed by atoms with Crippen molar-refractivity contribution < 1.29 is 23.9 Å². The van der Waals surface area contributed by atoms with Crippen LogP contribution in [0.5, 0.6) is 0 Å². The average Bonchev–Trinajstić information content (AvgIpc) is 3.57. The van der Waals surface area contributed by atoms with Crippen molar-refractivity contribution in [3.05, 3.63) is 47.8 Å². The summed E-state index contributed by atoms with van der Waals surface area (Å²) in [5.41, 5.74) is 7.21. The number of anilines is 2. The number of likely N-dealkylation sites (tertiary alicyclic amines) is 1. The monoisotopic (exact) mass is 533 g/mol. The molecule has 1 saturated heterocycles. The first-order chi connectivity index (χ1) is 18.6. The summed E-state index contributed by atoms with van der Waals surface area (Å²) in [6, 6.07) is 9.56. The van der Waals surface area contributed by atoms with Gasteiger partial charge < -0.3 is 20.7 Å². The van der Waals surface area contributed by atoms with Gasteiger partial charge in [0, 0.05) is 22.8 Å². The molecule has 3 heterocycles. The van der Waals surface area contributed by atoms with Crippen molar-refractivity contribution in [3.8, 4) is 0 Å². The Morgan fingerprint density at radius 2 is 1.92 bits per heavy atom. The third-order valence-corrected chi connectivity index (χ3v) is 7.14. The number of amides is 4. The zero-order chi connectivity index (χ0) is 27.8. The van der Waals surface area contributed by atoms with Gasteiger partial charge in [0.05, 0.1) is 11.6 Å². The molecule has 1 aromatic carbocycles. The van der Waals surface area contributed by atoms with E-state index in [1.807, 2.05) is 19.1 Å². The lowest BCUT2D eigenvalue weighted by Gasteiger charge is -2.34. The summed E-state index contributed by atoms with van der Waals surface area (Å²) >= 11 is 0. The van der Waals surface area contributed by atoms with Crippen molar-refractivity contribution in [2.45, 2.75) is 64.8 Å². The number of rotatable bonds is 7. The Bertz CT molecular complexity index is 1470. The molecule has 2 bridgehead atoms. The van der Waals surface area contributed by atoms with E-state index < -0.39 is 18.0 Å². The number of fused-ring (bicyclic) bond motifs is 3. The number of nitrogens with zero attached hydrogens (tertiary/aromatic N) is 4. The second-order valence-electron chi connectivity index (χ2n) is 10.3. The van der Waals surface area contributed by atoms with Crippen LogP contribution in [0.4, 0.5) is 16.3 Å². The van der Waals surface area contributed by atoms with Gasteiger partial charge in [-0.15, -0.1) is 0 Å². The van der Waals surface area contributed by atoms with E-state index in [1.165, 1.54) is 4.68 Å². The number of nitrogens with one attached hydrogen (secondary N) is 2. The summed E-state index contributed by atoms with van der Waals surface area (Å²) in [5, 5.41) is 10.2. The maximum Gasteiger partial charge on any atom is 0.411 e. The molecular formula is C27H31N7O5. The summed E-state index contributed by atoms with van der Waals surface area (Å²) in [6.07, 6.45) is 1.53. The average molecular weight is 534 g/mol. The molecule has 2 aromatic heterocycles. The van der Waals surface area contributed by atoms with E-state index in [0.29, 0.717) is 22.4 Å². The normalized spacial score (nSPS) is 19.9. The summed E-state index contributed by atoms with van der Waals surface area (Å²) < 4.78 is 6.52. The zero-order valence-corrected chi connectivity index (χ0v) is 22.0. The maximum atomic E-state index is 13.6. The first-order valence-electron chi connectivity index (χ1n) is 12.9. The topological polar surface area (TPSA) is 162 Å². The largest absolute Gasteiger partial charge is 0.447 e. The molecule has 1 aliphatic carbocycles. The molecule has 2 aliphatic rings. The lowest BCUT2D eigenvalue weighted by molar-refractivity contribution is -0.141. The standard InChI is InChI=1S/C27H31N7O5/c1-14(2)39-27(38)30-17-8-10-20-19(12-17)23(25(28)36)32-33(20)13-22(35)34-18-9-7-16(11-18)24(34)26(37)31-21-6-4-5-15(3)29-21/h4-6,8,10,12,14,16,18,24H,7,9,11,13H2,1-3H3,(H2,28,36)(H,30,38)(H,29,31,37)/t16-,18+,24-/m0/s1. The van der Waals surface area contributed by atoms with Crippen LogP contribution in [0.15, 0.2) is 36.4 Å². The summed E-state index contributed by atoms with van der Waals surface area (Å²) in [7, 11) is 0. The number of aromatic nitrogens is 3. The van der Waals surface area contributed by atoms with Gasteiger partial charge in [0.15, 0.2) is 5.69 Å². The minimum absolute atomic E-state index is 0.0264. The van der Waals surface area contributed by atoms with Gasteiger partial charge in [-0.3, -0.25) is 24.4 Å². The van der Waals surface area contributed by atoms with E-state index in [2.05, 4.69) is 20.7 Å². The van der Waals surface area contributed by atoms with Crippen molar-refractivity contribution in [1.29, 1.82) is 0 Å². The Morgan fingerprint density at radius 1 is 1.13 bits per heavy atom. The number of carbonyl (C=O) groups is 4. The molecule has 0 spiro atoms. The predicted molar refractivity (Wildman–Crippen MR) is 143 cm³/mol. The molecule has 3 aromatic rings. The number of primary amides is 1. The highest BCUT2D eigenvalue weighted by Crippen LogP contribution is 2.43.